The van der Waals surface area contributed by atoms with E-state index in [0.29, 0.717) is 10.7 Å². The van der Waals surface area contributed by atoms with Crippen LogP contribution in [0.5, 0.6) is 0 Å². The Labute approximate surface area is 99.1 Å². The van der Waals surface area contributed by atoms with Crippen LogP contribution < -0.4 is 0 Å². The lowest BCUT2D eigenvalue weighted by atomic mass is 10.3. The van der Waals surface area contributed by atoms with Crippen molar-refractivity contribution in [2.45, 2.75) is 13.8 Å². The van der Waals surface area contributed by atoms with E-state index in [1.165, 1.54) is 0 Å². The first kappa shape index (κ1) is 11.2. The van der Waals surface area contributed by atoms with Crippen LogP contribution >= 0.6 is 0 Å². The average Bonchev–Trinajstić information content (AvgIpc) is 2.32. The summed E-state index contributed by atoms with van der Waals surface area (Å²) >= 11 is 0. The largest absolute Gasteiger partial charge is 0.690 e. The van der Waals surface area contributed by atoms with Gasteiger partial charge in [0.05, 0.1) is 0 Å². The Bertz CT molecular complexity index is 566. The number of aromatic nitrogens is 2. The Hall–Kier alpha value is -2.30. The minimum absolute atomic E-state index is 0.289. The monoisotopic (exact) mass is 228 g/mol. The summed E-state index contributed by atoms with van der Waals surface area (Å²) in [7, 11) is 0. The van der Waals surface area contributed by atoms with Gasteiger partial charge in [-0.3, -0.25) is 0 Å². The van der Waals surface area contributed by atoms with Crippen molar-refractivity contribution in [2.24, 2.45) is 5.11 Å². The van der Waals surface area contributed by atoms with E-state index in [1.54, 1.807) is 24.5 Å². The van der Waals surface area contributed by atoms with Crippen LogP contribution in [0.1, 0.15) is 11.1 Å². The quantitative estimate of drug-likeness (QED) is 0.451. The van der Waals surface area contributed by atoms with Gasteiger partial charge in [0.2, 0.25) is 0 Å². The van der Waals surface area contributed by atoms with Gasteiger partial charge in [0, 0.05) is 11.8 Å². The topological polar surface area (TPSA) is 64.2 Å². The van der Waals surface area contributed by atoms with Crippen molar-refractivity contribution < 1.29 is 4.86 Å². The zero-order valence-electron chi connectivity index (χ0n) is 9.66. The number of hydrogen-bond donors (Lipinski definition) is 0. The van der Waals surface area contributed by atoms with E-state index in [2.05, 4.69) is 15.1 Å². The number of rotatable bonds is 2. The molecule has 2 aromatic rings. The molecule has 0 radical (unpaired) electrons. The fourth-order valence-corrected chi connectivity index (χ4v) is 1.39. The molecule has 0 bridgehead atoms. The van der Waals surface area contributed by atoms with Crippen molar-refractivity contribution in [3.8, 4) is 0 Å². The first-order chi connectivity index (χ1) is 8.18. The molecule has 2 rings (SSSR count). The minimum atomic E-state index is 0.289. The van der Waals surface area contributed by atoms with E-state index in [0.717, 1.165) is 11.1 Å². The van der Waals surface area contributed by atoms with Crippen molar-refractivity contribution in [3.63, 3.8) is 0 Å². The lowest BCUT2D eigenvalue weighted by Gasteiger charge is -2.05. The highest BCUT2D eigenvalue weighted by Gasteiger charge is 2.09. The summed E-state index contributed by atoms with van der Waals surface area (Å²) in [4.78, 5) is 8.54. The maximum atomic E-state index is 11.8. The van der Waals surface area contributed by atoms with Crippen molar-refractivity contribution >= 4 is 11.6 Å². The molecule has 5 heteroatoms. The molecule has 0 aromatic carbocycles. The van der Waals surface area contributed by atoms with Gasteiger partial charge in [-0.25, -0.2) is 4.98 Å². The Balaban J connectivity index is 2.42. The summed E-state index contributed by atoms with van der Waals surface area (Å²) < 4.78 is 0. The SMILES string of the molecule is Cc1cccnc1/N=[N+](\[O-])c1ncccc1C. The number of hydrogen-bond acceptors (Lipinski definition) is 4. The van der Waals surface area contributed by atoms with Gasteiger partial charge in [-0.1, -0.05) is 11.2 Å². The normalized spacial score (nSPS) is 11.5. The Kier molecular flexibility index (Phi) is 3.09. The molecule has 0 fully saturated rings. The fourth-order valence-electron chi connectivity index (χ4n) is 1.39. The van der Waals surface area contributed by atoms with Gasteiger partial charge in [0.1, 0.15) is 6.20 Å². The predicted octanol–water partition coefficient (Wildman–Crippen LogP) is 3.02. The van der Waals surface area contributed by atoms with Crippen LogP contribution in [0.25, 0.3) is 0 Å². The Morgan fingerprint density at radius 3 is 2.35 bits per heavy atom. The van der Waals surface area contributed by atoms with E-state index in [-0.39, 0.29) is 5.82 Å². The molecule has 0 N–H and O–H groups in total. The van der Waals surface area contributed by atoms with Gasteiger partial charge in [-0.15, -0.1) is 4.86 Å². The van der Waals surface area contributed by atoms with E-state index >= 15 is 0 Å². The molecule has 0 saturated carbocycles. The summed E-state index contributed by atoms with van der Waals surface area (Å²) in [6.07, 6.45) is 3.17. The molecular formula is C12H12N4O. The summed E-state index contributed by atoms with van der Waals surface area (Å²) in [5.41, 5.74) is 1.63. The van der Waals surface area contributed by atoms with Crippen LogP contribution in [-0.2, 0) is 0 Å². The maximum absolute atomic E-state index is 11.8. The van der Waals surface area contributed by atoms with Gasteiger partial charge < -0.3 is 5.21 Å². The second-order valence-electron chi connectivity index (χ2n) is 3.66. The molecule has 86 valence electrons. The molecule has 0 aliphatic carbocycles. The van der Waals surface area contributed by atoms with E-state index in [4.69, 9.17) is 0 Å². The fraction of sp³-hybridized carbons (Fsp3) is 0.167. The highest BCUT2D eigenvalue weighted by Crippen LogP contribution is 2.18. The molecule has 2 aromatic heterocycles. The predicted molar refractivity (Wildman–Crippen MR) is 63.3 cm³/mol. The second kappa shape index (κ2) is 4.69. The average molecular weight is 228 g/mol. The molecular weight excluding hydrogens is 216 g/mol. The summed E-state index contributed by atoms with van der Waals surface area (Å²) in [6, 6.07) is 7.24. The smallest absolute Gasteiger partial charge is 0.349 e. The van der Waals surface area contributed by atoms with Crippen molar-refractivity contribution in [2.75, 3.05) is 0 Å². The summed E-state index contributed by atoms with van der Waals surface area (Å²) in [5, 5.41) is 15.7. The van der Waals surface area contributed by atoms with Crippen LogP contribution in [0.3, 0.4) is 0 Å². The highest BCUT2D eigenvalue weighted by atomic mass is 16.5. The standard InChI is InChI=1S/C12H12N4O/c1-9-5-3-7-13-11(9)15-16(17)12-10(2)6-4-8-14-12/h3-8H,1-2H3/b16-15-. The number of pyridine rings is 2. The van der Waals surface area contributed by atoms with Crippen LogP contribution in [-0.4, -0.2) is 14.8 Å². The number of aryl methyl sites for hydroxylation is 2. The van der Waals surface area contributed by atoms with Gasteiger partial charge >= 0.3 is 5.82 Å². The van der Waals surface area contributed by atoms with Crippen molar-refractivity contribution in [3.05, 3.63) is 53.0 Å². The first-order valence-corrected chi connectivity index (χ1v) is 5.20. The maximum Gasteiger partial charge on any atom is 0.349 e. The Morgan fingerprint density at radius 2 is 1.71 bits per heavy atom. The molecule has 0 spiro atoms. The third kappa shape index (κ3) is 2.44. The van der Waals surface area contributed by atoms with Gasteiger partial charge in [-0.2, -0.15) is 0 Å². The molecule has 5 nitrogen and oxygen atoms in total. The molecule has 17 heavy (non-hydrogen) atoms. The Morgan fingerprint density at radius 1 is 1.06 bits per heavy atom. The van der Waals surface area contributed by atoms with Crippen molar-refractivity contribution in [1.29, 1.82) is 0 Å². The number of azo groups is 1. The highest BCUT2D eigenvalue weighted by molar-refractivity contribution is 5.36. The van der Waals surface area contributed by atoms with Crippen LogP contribution in [0, 0.1) is 19.1 Å². The van der Waals surface area contributed by atoms with Crippen LogP contribution in [0.2, 0.25) is 0 Å². The molecule has 0 unspecified atom stereocenters. The summed E-state index contributed by atoms with van der Waals surface area (Å²) in [6.45, 7) is 3.67. The molecule has 0 aliphatic heterocycles. The zero-order valence-corrected chi connectivity index (χ0v) is 9.66. The van der Waals surface area contributed by atoms with Gasteiger partial charge in [0.15, 0.2) is 5.82 Å². The van der Waals surface area contributed by atoms with Crippen LogP contribution in [0.15, 0.2) is 41.8 Å². The lowest BCUT2D eigenvalue weighted by Crippen LogP contribution is -1.97. The van der Waals surface area contributed by atoms with Gasteiger partial charge in [-0.05, 0) is 42.6 Å². The first-order valence-electron chi connectivity index (χ1n) is 5.20. The third-order valence-corrected chi connectivity index (χ3v) is 2.33. The number of nitrogens with zero attached hydrogens (tertiary/aromatic N) is 4. The second-order valence-corrected chi connectivity index (χ2v) is 3.66. The van der Waals surface area contributed by atoms with Gasteiger partial charge in [0.25, 0.3) is 0 Å². The molecule has 0 amide bonds. The minimum Gasteiger partial charge on any atom is -0.690 e. The van der Waals surface area contributed by atoms with Crippen molar-refractivity contribution in [1.82, 2.24) is 9.97 Å². The molecule has 0 atom stereocenters. The molecule has 2 heterocycles. The lowest BCUT2D eigenvalue weighted by molar-refractivity contribution is -0.440. The van der Waals surface area contributed by atoms with E-state index in [1.807, 2.05) is 26.0 Å². The molecule has 0 saturated heterocycles. The van der Waals surface area contributed by atoms with E-state index < -0.39 is 0 Å². The van der Waals surface area contributed by atoms with Crippen LogP contribution in [0.4, 0.5) is 11.6 Å². The third-order valence-electron chi connectivity index (χ3n) is 2.33. The summed E-state index contributed by atoms with van der Waals surface area (Å²) in [5.74, 6) is 0.699. The van der Waals surface area contributed by atoms with E-state index in [9.17, 15) is 5.21 Å². The zero-order chi connectivity index (χ0) is 12.3. The molecule has 0 aliphatic rings.